The van der Waals surface area contributed by atoms with Gasteiger partial charge in [0.15, 0.2) is 5.96 Å². The largest absolute Gasteiger partial charge is 0.494 e. The molecular formula is C17H30IN3O3S. The van der Waals surface area contributed by atoms with E-state index in [-0.39, 0.29) is 35.8 Å². The fourth-order valence-electron chi connectivity index (χ4n) is 2.11. The summed E-state index contributed by atoms with van der Waals surface area (Å²) in [5, 5.41) is 6.43. The molecule has 0 saturated carbocycles. The van der Waals surface area contributed by atoms with Crippen molar-refractivity contribution >= 4 is 39.8 Å². The minimum Gasteiger partial charge on any atom is -0.494 e. The third-order valence-corrected chi connectivity index (χ3v) is 4.31. The van der Waals surface area contributed by atoms with Gasteiger partial charge in [0.1, 0.15) is 15.6 Å². The van der Waals surface area contributed by atoms with Crippen molar-refractivity contribution in [1.82, 2.24) is 10.6 Å². The molecule has 25 heavy (non-hydrogen) atoms. The molecule has 8 heteroatoms. The van der Waals surface area contributed by atoms with Gasteiger partial charge in [-0.2, -0.15) is 0 Å². The Balaban J connectivity index is 0.00000576. The molecule has 0 aliphatic heterocycles. The Morgan fingerprint density at radius 1 is 1.28 bits per heavy atom. The van der Waals surface area contributed by atoms with Gasteiger partial charge in [0, 0.05) is 24.4 Å². The second-order valence-electron chi connectivity index (χ2n) is 5.70. The van der Waals surface area contributed by atoms with Crippen molar-refractivity contribution in [3.63, 3.8) is 0 Å². The maximum absolute atomic E-state index is 11.3. The third kappa shape index (κ3) is 10.5. The summed E-state index contributed by atoms with van der Waals surface area (Å²) in [6.45, 7) is 7.73. The van der Waals surface area contributed by atoms with Gasteiger partial charge in [0.05, 0.1) is 18.9 Å². The van der Waals surface area contributed by atoms with E-state index in [1.54, 1.807) is 0 Å². The van der Waals surface area contributed by atoms with E-state index in [0.717, 1.165) is 17.9 Å². The van der Waals surface area contributed by atoms with Crippen LogP contribution in [-0.2, 0) is 16.4 Å². The molecule has 0 saturated heterocycles. The lowest BCUT2D eigenvalue weighted by atomic mass is 10.2. The predicted octanol–water partition coefficient (Wildman–Crippen LogP) is 2.58. The van der Waals surface area contributed by atoms with Gasteiger partial charge in [-0.25, -0.2) is 13.4 Å². The lowest BCUT2D eigenvalue weighted by Crippen LogP contribution is -2.42. The topological polar surface area (TPSA) is 79.8 Å². The monoisotopic (exact) mass is 483 g/mol. The van der Waals surface area contributed by atoms with Crippen molar-refractivity contribution < 1.29 is 13.2 Å². The van der Waals surface area contributed by atoms with Gasteiger partial charge in [-0.15, -0.1) is 24.0 Å². The summed E-state index contributed by atoms with van der Waals surface area (Å²) in [6, 6.07) is 7.84. The molecule has 0 bridgehead atoms. The van der Waals surface area contributed by atoms with Crippen LogP contribution < -0.4 is 15.4 Å². The van der Waals surface area contributed by atoms with Crippen molar-refractivity contribution in [3.8, 4) is 5.75 Å². The second-order valence-corrected chi connectivity index (χ2v) is 7.96. The van der Waals surface area contributed by atoms with E-state index in [9.17, 15) is 8.42 Å². The van der Waals surface area contributed by atoms with Crippen LogP contribution in [0.4, 0.5) is 0 Å². The number of nitrogens with zero attached hydrogens (tertiary/aromatic N) is 1. The maximum atomic E-state index is 11.3. The van der Waals surface area contributed by atoms with Crippen molar-refractivity contribution in [2.24, 2.45) is 4.99 Å². The van der Waals surface area contributed by atoms with E-state index in [1.807, 2.05) is 45.0 Å². The molecule has 1 rings (SSSR count). The van der Waals surface area contributed by atoms with Crippen LogP contribution in [0.2, 0.25) is 0 Å². The Labute approximate surface area is 168 Å². The smallest absolute Gasteiger partial charge is 0.191 e. The summed E-state index contributed by atoms with van der Waals surface area (Å²) in [7, 11) is -2.95. The van der Waals surface area contributed by atoms with Gasteiger partial charge in [-0.1, -0.05) is 18.2 Å². The highest BCUT2D eigenvalue weighted by atomic mass is 127. The number of benzene rings is 1. The number of aliphatic imine (C=N–C) groups is 1. The number of ether oxygens (including phenoxy) is 1. The first kappa shape index (κ1) is 24.0. The summed E-state index contributed by atoms with van der Waals surface area (Å²) >= 11 is 0. The highest BCUT2D eigenvalue weighted by Crippen LogP contribution is 2.18. The average molecular weight is 483 g/mol. The molecule has 0 radical (unpaired) electrons. The number of sulfone groups is 1. The number of hydrogen-bond donors (Lipinski definition) is 2. The number of rotatable bonds is 9. The summed E-state index contributed by atoms with van der Waals surface area (Å²) < 4.78 is 28.1. The van der Waals surface area contributed by atoms with Gasteiger partial charge >= 0.3 is 0 Å². The van der Waals surface area contributed by atoms with Gasteiger partial charge in [0.25, 0.3) is 0 Å². The minimum atomic E-state index is -2.95. The van der Waals surface area contributed by atoms with Gasteiger partial charge in [-0.3, -0.25) is 0 Å². The zero-order chi connectivity index (χ0) is 18.0. The summed E-state index contributed by atoms with van der Waals surface area (Å²) in [5.41, 5.74) is 1.01. The zero-order valence-corrected chi connectivity index (χ0v) is 18.6. The van der Waals surface area contributed by atoms with Crippen LogP contribution in [0.3, 0.4) is 0 Å². The van der Waals surface area contributed by atoms with Crippen molar-refractivity contribution in [1.29, 1.82) is 0 Å². The standard InChI is InChI=1S/C17H29N3O3S.HI/c1-5-18-17(20-14(3)11-12-24(4,21)22)19-13-15-9-7-8-10-16(15)23-6-2;/h7-10,14H,5-6,11-13H2,1-4H3,(H2,18,19,20);1H. The highest BCUT2D eigenvalue weighted by molar-refractivity contribution is 14.0. The van der Waals surface area contributed by atoms with Crippen LogP contribution in [0.15, 0.2) is 29.3 Å². The SMILES string of the molecule is CCNC(=NCc1ccccc1OCC)NC(C)CCS(C)(=O)=O.I. The number of nitrogens with one attached hydrogen (secondary N) is 2. The molecule has 0 heterocycles. The van der Waals surface area contributed by atoms with Gasteiger partial charge in [-0.05, 0) is 33.3 Å². The van der Waals surface area contributed by atoms with E-state index in [2.05, 4.69) is 15.6 Å². The molecule has 0 aliphatic rings. The molecule has 0 amide bonds. The first-order chi connectivity index (χ1) is 11.4. The van der Waals surface area contributed by atoms with Crippen molar-refractivity contribution in [2.75, 3.05) is 25.2 Å². The van der Waals surface area contributed by atoms with Gasteiger partial charge in [0.2, 0.25) is 0 Å². The molecule has 0 aromatic heterocycles. The Morgan fingerprint density at radius 3 is 2.56 bits per heavy atom. The highest BCUT2D eigenvalue weighted by Gasteiger charge is 2.10. The van der Waals surface area contributed by atoms with E-state index >= 15 is 0 Å². The fourth-order valence-corrected chi connectivity index (χ4v) is 2.89. The molecule has 1 atom stereocenters. The minimum absolute atomic E-state index is 0. The Bertz CT molecular complexity index is 636. The van der Waals surface area contributed by atoms with Gasteiger partial charge < -0.3 is 15.4 Å². The Kier molecular flexibility index (Phi) is 11.8. The predicted molar refractivity (Wildman–Crippen MR) is 115 cm³/mol. The summed E-state index contributed by atoms with van der Waals surface area (Å²) in [4.78, 5) is 4.58. The van der Waals surface area contributed by atoms with E-state index in [1.165, 1.54) is 6.26 Å². The molecule has 0 aliphatic carbocycles. The van der Waals surface area contributed by atoms with Crippen LogP contribution in [0.5, 0.6) is 5.75 Å². The maximum Gasteiger partial charge on any atom is 0.191 e. The molecule has 1 aromatic rings. The van der Waals surface area contributed by atoms with Crippen LogP contribution in [0.25, 0.3) is 0 Å². The zero-order valence-electron chi connectivity index (χ0n) is 15.4. The quantitative estimate of drug-likeness (QED) is 0.321. The first-order valence-corrected chi connectivity index (χ1v) is 10.3. The fraction of sp³-hybridized carbons (Fsp3) is 0.588. The molecule has 6 nitrogen and oxygen atoms in total. The van der Waals surface area contributed by atoms with Crippen LogP contribution in [0, 0.1) is 0 Å². The Hall–Kier alpha value is -1.03. The van der Waals surface area contributed by atoms with Crippen LogP contribution >= 0.6 is 24.0 Å². The lowest BCUT2D eigenvalue weighted by molar-refractivity contribution is 0.336. The van der Waals surface area contributed by atoms with E-state index in [0.29, 0.717) is 25.5 Å². The molecule has 1 unspecified atom stereocenters. The number of para-hydroxylation sites is 1. The third-order valence-electron chi connectivity index (χ3n) is 3.33. The first-order valence-electron chi connectivity index (χ1n) is 8.29. The number of halogens is 1. The number of hydrogen-bond acceptors (Lipinski definition) is 4. The van der Waals surface area contributed by atoms with Crippen molar-refractivity contribution in [2.45, 2.75) is 39.8 Å². The molecule has 1 aromatic carbocycles. The lowest BCUT2D eigenvalue weighted by Gasteiger charge is -2.17. The van der Waals surface area contributed by atoms with Crippen LogP contribution in [0.1, 0.15) is 32.8 Å². The molecule has 2 N–H and O–H groups in total. The molecule has 0 spiro atoms. The Morgan fingerprint density at radius 2 is 1.96 bits per heavy atom. The van der Waals surface area contributed by atoms with E-state index in [4.69, 9.17) is 4.74 Å². The molecule has 0 fully saturated rings. The normalized spacial score (nSPS) is 12.9. The van der Waals surface area contributed by atoms with E-state index < -0.39 is 9.84 Å². The average Bonchev–Trinajstić information content (AvgIpc) is 2.52. The summed E-state index contributed by atoms with van der Waals surface area (Å²) in [5.74, 6) is 1.67. The number of guanidine groups is 1. The molecule has 144 valence electrons. The second kappa shape index (κ2) is 12.3. The molecular weight excluding hydrogens is 453 g/mol. The van der Waals surface area contributed by atoms with Crippen molar-refractivity contribution in [3.05, 3.63) is 29.8 Å². The summed E-state index contributed by atoms with van der Waals surface area (Å²) in [6.07, 6.45) is 1.79. The van der Waals surface area contributed by atoms with Crippen LogP contribution in [-0.4, -0.2) is 45.6 Å².